The monoisotopic (exact) mass is 442 g/mol. The van der Waals surface area contributed by atoms with Crippen molar-refractivity contribution in [3.8, 4) is 11.5 Å². The summed E-state index contributed by atoms with van der Waals surface area (Å²) in [5.74, 6) is 2.63. The number of para-hydroxylation sites is 2. The Kier molecular flexibility index (Phi) is 4.78. The lowest BCUT2D eigenvalue weighted by atomic mass is 9.94. The number of rotatable bonds is 5. The minimum absolute atomic E-state index is 0.00641. The van der Waals surface area contributed by atoms with E-state index < -0.39 is 0 Å². The summed E-state index contributed by atoms with van der Waals surface area (Å²) in [6.45, 7) is 5.72. The van der Waals surface area contributed by atoms with Crippen molar-refractivity contribution >= 4 is 22.8 Å². The second-order valence-electron chi connectivity index (χ2n) is 9.71. The van der Waals surface area contributed by atoms with Crippen LogP contribution in [0.2, 0.25) is 0 Å². The maximum atomic E-state index is 12.5. The summed E-state index contributed by atoms with van der Waals surface area (Å²) in [7, 11) is 0. The van der Waals surface area contributed by atoms with Gasteiger partial charge in [0.1, 0.15) is 5.52 Å². The zero-order valence-electron chi connectivity index (χ0n) is 19.3. The Labute approximate surface area is 194 Å². The second-order valence-corrected chi connectivity index (χ2v) is 9.71. The molecule has 33 heavy (non-hydrogen) atoms. The van der Waals surface area contributed by atoms with Crippen molar-refractivity contribution in [2.75, 3.05) is 13.1 Å². The third-order valence-electron chi connectivity index (χ3n) is 7.81. The third kappa shape index (κ3) is 3.26. The van der Waals surface area contributed by atoms with Crippen LogP contribution in [0.25, 0.3) is 22.6 Å². The molecule has 2 aliphatic carbocycles. The van der Waals surface area contributed by atoms with E-state index in [0.29, 0.717) is 24.4 Å². The molecule has 3 aromatic rings. The predicted octanol–water partition coefficient (Wildman–Crippen LogP) is 4.75. The molecule has 6 heteroatoms. The van der Waals surface area contributed by atoms with Gasteiger partial charge in [-0.2, -0.15) is 0 Å². The van der Waals surface area contributed by atoms with Crippen LogP contribution in [-0.2, 0) is 10.3 Å². The summed E-state index contributed by atoms with van der Waals surface area (Å²) < 4.78 is 5.97. The van der Waals surface area contributed by atoms with E-state index in [2.05, 4.69) is 46.4 Å². The summed E-state index contributed by atoms with van der Waals surface area (Å²) in [5, 5.41) is 3.01. The minimum Gasteiger partial charge on any atom is -0.436 e. The Bertz CT molecular complexity index is 1200. The molecule has 3 aliphatic rings. The first kappa shape index (κ1) is 20.5. The fourth-order valence-corrected chi connectivity index (χ4v) is 6.16. The van der Waals surface area contributed by atoms with Crippen LogP contribution in [0.15, 0.2) is 57.9 Å². The zero-order chi connectivity index (χ0) is 22.6. The van der Waals surface area contributed by atoms with E-state index in [1.165, 1.54) is 5.56 Å². The molecule has 2 aromatic carbocycles. The predicted molar refractivity (Wildman–Crippen MR) is 129 cm³/mol. The first-order chi connectivity index (χ1) is 16.1. The van der Waals surface area contributed by atoms with Crippen LogP contribution in [0.3, 0.4) is 0 Å². The molecule has 2 fully saturated rings. The molecule has 1 aliphatic heterocycles. The van der Waals surface area contributed by atoms with E-state index in [4.69, 9.17) is 9.41 Å². The van der Waals surface area contributed by atoms with E-state index >= 15 is 0 Å². The number of carbonyl (C=O) groups excluding carboxylic acids is 1. The number of aliphatic imine (C=N–C) groups is 1. The Hall–Kier alpha value is -3.15. The van der Waals surface area contributed by atoms with Gasteiger partial charge in [0.15, 0.2) is 5.58 Å². The molecule has 170 valence electrons. The van der Waals surface area contributed by atoms with Gasteiger partial charge in [-0.3, -0.25) is 9.79 Å². The SMILES string of the molecule is CCNC(=O)C1CCC(N2C(C)=NCC3CC32c2ccc(-c3nc4ccccc4o3)cc2)C1. The van der Waals surface area contributed by atoms with Crippen molar-refractivity contribution in [3.05, 3.63) is 54.1 Å². The van der Waals surface area contributed by atoms with Gasteiger partial charge in [0.05, 0.1) is 11.4 Å². The van der Waals surface area contributed by atoms with Gasteiger partial charge in [0.25, 0.3) is 0 Å². The highest BCUT2D eigenvalue weighted by atomic mass is 16.3. The average molecular weight is 443 g/mol. The molecule has 4 atom stereocenters. The number of nitrogens with one attached hydrogen (secondary N) is 1. The second kappa shape index (κ2) is 7.72. The Balaban J connectivity index is 1.28. The number of amidine groups is 1. The highest BCUT2D eigenvalue weighted by molar-refractivity contribution is 5.84. The maximum Gasteiger partial charge on any atom is 0.227 e. The fourth-order valence-electron chi connectivity index (χ4n) is 6.16. The largest absolute Gasteiger partial charge is 0.436 e. The summed E-state index contributed by atoms with van der Waals surface area (Å²) in [6, 6.07) is 17.0. The van der Waals surface area contributed by atoms with Gasteiger partial charge >= 0.3 is 0 Å². The van der Waals surface area contributed by atoms with Crippen LogP contribution in [0.1, 0.15) is 45.1 Å². The summed E-state index contributed by atoms with van der Waals surface area (Å²) in [4.78, 5) is 24.5. The van der Waals surface area contributed by atoms with E-state index in [0.717, 1.165) is 54.7 Å². The highest BCUT2D eigenvalue weighted by Crippen LogP contribution is 2.60. The lowest BCUT2D eigenvalue weighted by Gasteiger charge is -2.42. The lowest BCUT2D eigenvalue weighted by molar-refractivity contribution is -0.124. The number of hydrogen-bond acceptors (Lipinski definition) is 5. The molecule has 2 heterocycles. The Morgan fingerprint density at radius 1 is 1.18 bits per heavy atom. The van der Waals surface area contributed by atoms with Gasteiger partial charge in [-0.25, -0.2) is 4.98 Å². The Morgan fingerprint density at radius 3 is 2.79 bits per heavy atom. The first-order valence-corrected chi connectivity index (χ1v) is 12.1. The van der Waals surface area contributed by atoms with Gasteiger partial charge in [-0.05, 0) is 69.4 Å². The normalized spacial score (nSPS) is 28.5. The molecule has 1 amide bonds. The van der Waals surface area contributed by atoms with Gasteiger partial charge in [0, 0.05) is 36.5 Å². The molecule has 2 saturated carbocycles. The van der Waals surface area contributed by atoms with Gasteiger partial charge in [-0.1, -0.05) is 24.3 Å². The van der Waals surface area contributed by atoms with Crippen LogP contribution in [0, 0.1) is 11.8 Å². The number of aromatic nitrogens is 1. The minimum atomic E-state index is 0.00641. The number of hydrogen-bond donors (Lipinski definition) is 1. The van der Waals surface area contributed by atoms with Crippen LogP contribution in [-0.4, -0.2) is 40.8 Å². The Morgan fingerprint density at radius 2 is 2.00 bits per heavy atom. The van der Waals surface area contributed by atoms with E-state index in [1.807, 2.05) is 31.2 Å². The fraction of sp³-hybridized carbons (Fsp3) is 0.444. The number of amides is 1. The van der Waals surface area contributed by atoms with Crippen LogP contribution in [0.4, 0.5) is 0 Å². The van der Waals surface area contributed by atoms with Crippen molar-refractivity contribution in [3.63, 3.8) is 0 Å². The van der Waals surface area contributed by atoms with Crippen LogP contribution >= 0.6 is 0 Å². The maximum absolute atomic E-state index is 12.5. The molecule has 0 bridgehead atoms. The first-order valence-electron chi connectivity index (χ1n) is 12.1. The summed E-state index contributed by atoms with van der Waals surface area (Å²) >= 11 is 0. The van der Waals surface area contributed by atoms with Gasteiger partial charge in [0.2, 0.25) is 11.8 Å². The van der Waals surface area contributed by atoms with Crippen molar-refractivity contribution in [2.45, 2.75) is 51.1 Å². The van der Waals surface area contributed by atoms with Crippen molar-refractivity contribution in [2.24, 2.45) is 16.8 Å². The van der Waals surface area contributed by atoms with Crippen molar-refractivity contribution in [1.29, 1.82) is 0 Å². The molecular weight excluding hydrogens is 412 g/mol. The van der Waals surface area contributed by atoms with Crippen LogP contribution < -0.4 is 5.32 Å². The lowest BCUT2D eigenvalue weighted by Crippen LogP contribution is -2.49. The molecule has 4 unspecified atom stereocenters. The number of carbonyl (C=O) groups is 1. The average Bonchev–Trinajstić information content (AvgIpc) is 3.17. The molecule has 1 aromatic heterocycles. The molecule has 6 rings (SSSR count). The molecule has 0 radical (unpaired) electrons. The third-order valence-corrected chi connectivity index (χ3v) is 7.81. The number of fused-ring (bicyclic) bond motifs is 2. The number of oxazole rings is 1. The van der Waals surface area contributed by atoms with Crippen molar-refractivity contribution in [1.82, 2.24) is 15.2 Å². The number of benzene rings is 2. The van der Waals surface area contributed by atoms with Gasteiger partial charge < -0.3 is 14.6 Å². The van der Waals surface area contributed by atoms with Gasteiger partial charge in [-0.15, -0.1) is 0 Å². The zero-order valence-corrected chi connectivity index (χ0v) is 19.3. The molecule has 6 nitrogen and oxygen atoms in total. The summed E-state index contributed by atoms with van der Waals surface area (Å²) in [6.07, 6.45) is 4.04. The van der Waals surface area contributed by atoms with E-state index in [-0.39, 0.29) is 17.4 Å². The quantitative estimate of drug-likeness (QED) is 0.619. The van der Waals surface area contributed by atoms with Crippen molar-refractivity contribution < 1.29 is 9.21 Å². The van der Waals surface area contributed by atoms with E-state index in [9.17, 15) is 4.79 Å². The van der Waals surface area contributed by atoms with Crippen LogP contribution in [0.5, 0.6) is 0 Å². The smallest absolute Gasteiger partial charge is 0.227 e. The molecule has 0 spiro atoms. The number of nitrogens with zero attached hydrogens (tertiary/aromatic N) is 3. The standard InChI is InChI=1S/C27H30N4O2/c1-3-28-25(32)19-10-13-22(14-19)31-17(2)29-16-21-15-27(21,31)20-11-8-18(9-12-20)26-30-23-6-4-5-7-24(23)33-26/h4-9,11-12,19,21-22H,3,10,13-16H2,1-2H3,(H,28,32). The topological polar surface area (TPSA) is 70.7 Å². The van der Waals surface area contributed by atoms with E-state index in [1.54, 1.807) is 0 Å². The molecule has 1 N–H and O–H groups in total. The molecule has 0 saturated heterocycles. The highest BCUT2D eigenvalue weighted by Gasteiger charge is 2.63. The summed E-state index contributed by atoms with van der Waals surface area (Å²) in [5.41, 5.74) is 4.03. The molecular formula is C27H30N4O2.